The van der Waals surface area contributed by atoms with Crippen LogP contribution in [0.5, 0.6) is 0 Å². The third-order valence-corrected chi connectivity index (χ3v) is 2.87. The molecule has 1 unspecified atom stereocenters. The Kier molecular flexibility index (Phi) is 2.90. The molecule has 1 aromatic carbocycles. The zero-order valence-electron chi connectivity index (χ0n) is 8.64. The summed E-state index contributed by atoms with van der Waals surface area (Å²) < 4.78 is 37.6. The van der Waals surface area contributed by atoms with Gasteiger partial charge in [0.1, 0.15) is 0 Å². The third-order valence-electron chi connectivity index (χ3n) is 2.87. The van der Waals surface area contributed by atoms with Gasteiger partial charge in [-0.1, -0.05) is 6.07 Å². The molecule has 0 spiro atoms. The Labute approximate surface area is 91.6 Å². The molecule has 2 nitrogen and oxygen atoms in total. The van der Waals surface area contributed by atoms with Crippen LogP contribution in [0.2, 0.25) is 0 Å². The SMILES string of the molecule is NCC1NCCc2ccc(C(F)(F)F)cc21. The first-order chi connectivity index (χ1) is 7.52. The molecule has 3 N–H and O–H groups in total. The van der Waals surface area contributed by atoms with Crippen molar-refractivity contribution in [2.24, 2.45) is 5.73 Å². The van der Waals surface area contributed by atoms with Gasteiger partial charge in [-0.2, -0.15) is 13.2 Å². The minimum atomic E-state index is -4.29. The lowest BCUT2D eigenvalue weighted by Crippen LogP contribution is -2.34. The molecule has 1 aliphatic heterocycles. The van der Waals surface area contributed by atoms with Gasteiger partial charge in [0.15, 0.2) is 0 Å². The number of hydrogen-bond acceptors (Lipinski definition) is 2. The number of nitrogens with two attached hydrogens (primary N) is 1. The van der Waals surface area contributed by atoms with E-state index >= 15 is 0 Å². The van der Waals surface area contributed by atoms with Crippen LogP contribution < -0.4 is 11.1 Å². The van der Waals surface area contributed by atoms with E-state index in [9.17, 15) is 13.2 Å². The van der Waals surface area contributed by atoms with Crippen molar-refractivity contribution in [3.63, 3.8) is 0 Å². The lowest BCUT2D eigenvalue weighted by Gasteiger charge is -2.26. The summed E-state index contributed by atoms with van der Waals surface area (Å²) in [6.07, 6.45) is -3.53. The summed E-state index contributed by atoms with van der Waals surface area (Å²) in [6, 6.07) is 3.74. The van der Waals surface area contributed by atoms with Gasteiger partial charge in [-0.25, -0.2) is 0 Å². The molecule has 0 fully saturated rings. The van der Waals surface area contributed by atoms with Crippen molar-refractivity contribution >= 4 is 0 Å². The van der Waals surface area contributed by atoms with Gasteiger partial charge in [0, 0.05) is 12.6 Å². The minimum Gasteiger partial charge on any atom is -0.329 e. The summed E-state index contributed by atoms with van der Waals surface area (Å²) in [7, 11) is 0. The first kappa shape index (κ1) is 11.4. The fraction of sp³-hybridized carbons (Fsp3) is 0.455. The van der Waals surface area contributed by atoms with Crippen molar-refractivity contribution in [2.45, 2.75) is 18.6 Å². The number of nitrogens with one attached hydrogen (secondary N) is 1. The van der Waals surface area contributed by atoms with Crippen LogP contribution in [-0.4, -0.2) is 13.1 Å². The summed E-state index contributed by atoms with van der Waals surface area (Å²) in [5.41, 5.74) is 6.57. The van der Waals surface area contributed by atoms with E-state index in [4.69, 9.17) is 5.73 Å². The van der Waals surface area contributed by atoms with Gasteiger partial charge in [0.2, 0.25) is 0 Å². The molecule has 16 heavy (non-hydrogen) atoms. The highest BCUT2D eigenvalue weighted by atomic mass is 19.4. The van der Waals surface area contributed by atoms with Crippen LogP contribution in [0, 0.1) is 0 Å². The quantitative estimate of drug-likeness (QED) is 0.772. The van der Waals surface area contributed by atoms with Gasteiger partial charge >= 0.3 is 6.18 Å². The molecule has 2 rings (SSSR count). The lowest BCUT2D eigenvalue weighted by atomic mass is 9.92. The summed E-state index contributed by atoms with van der Waals surface area (Å²) in [5, 5.41) is 3.11. The predicted octanol–water partition coefficient (Wildman–Crippen LogP) is 1.85. The zero-order valence-corrected chi connectivity index (χ0v) is 8.64. The molecule has 0 amide bonds. The second-order valence-corrected chi connectivity index (χ2v) is 3.90. The molecule has 0 bridgehead atoms. The molecule has 5 heteroatoms. The van der Waals surface area contributed by atoms with E-state index in [0.29, 0.717) is 12.1 Å². The molecular weight excluding hydrogens is 217 g/mol. The number of alkyl halides is 3. The van der Waals surface area contributed by atoms with E-state index in [0.717, 1.165) is 24.6 Å². The number of rotatable bonds is 1. The van der Waals surface area contributed by atoms with Crippen molar-refractivity contribution in [3.8, 4) is 0 Å². The first-order valence-electron chi connectivity index (χ1n) is 5.16. The smallest absolute Gasteiger partial charge is 0.329 e. The fourth-order valence-electron chi connectivity index (χ4n) is 2.02. The lowest BCUT2D eigenvalue weighted by molar-refractivity contribution is -0.137. The summed E-state index contributed by atoms with van der Waals surface area (Å²) in [6.45, 7) is 1.08. The van der Waals surface area contributed by atoms with Gasteiger partial charge in [0.25, 0.3) is 0 Å². The molecule has 0 aliphatic carbocycles. The minimum absolute atomic E-state index is 0.161. The van der Waals surface area contributed by atoms with Crippen LogP contribution in [0.15, 0.2) is 18.2 Å². The average molecular weight is 230 g/mol. The highest BCUT2D eigenvalue weighted by Crippen LogP contribution is 2.33. The van der Waals surface area contributed by atoms with Gasteiger partial charge < -0.3 is 11.1 Å². The van der Waals surface area contributed by atoms with Crippen LogP contribution in [-0.2, 0) is 12.6 Å². The highest BCUT2D eigenvalue weighted by molar-refractivity contribution is 5.37. The Balaban J connectivity index is 2.43. The monoisotopic (exact) mass is 230 g/mol. The molecule has 1 heterocycles. The summed E-state index contributed by atoms with van der Waals surface area (Å²) in [5.74, 6) is 0. The summed E-state index contributed by atoms with van der Waals surface area (Å²) in [4.78, 5) is 0. The van der Waals surface area contributed by atoms with E-state index in [-0.39, 0.29) is 6.04 Å². The van der Waals surface area contributed by atoms with Gasteiger partial charge in [-0.15, -0.1) is 0 Å². The van der Waals surface area contributed by atoms with E-state index in [1.807, 2.05) is 0 Å². The molecule has 1 aliphatic rings. The molecule has 0 saturated carbocycles. The molecule has 1 atom stereocenters. The number of hydrogen-bond donors (Lipinski definition) is 2. The van der Waals surface area contributed by atoms with Crippen molar-refractivity contribution in [2.75, 3.05) is 13.1 Å². The van der Waals surface area contributed by atoms with Gasteiger partial charge in [-0.05, 0) is 36.2 Å². The number of fused-ring (bicyclic) bond motifs is 1. The van der Waals surface area contributed by atoms with Crippen molar-refractivity contribution in [1.29, 1.82) is 0 Å². The molecule has 0 aromatic heterocycles. The fourth-order valence-corrected chi connectivity index (χ4v) is 2.02. The number of halogens is 3. The Hall–Kier alpha value is -1.07. The van der Waals surface area contributed by atoms with E-state index < -0.39 is 11.7 Å². The third kappa shape index (κ3) is 2.05. The summed E-state index contributed by atoms with van der Waals surface area (Å²) >= 11 is 0. The molecular formula is C11H13F3N2. The van der Waals surface area contributed by atoms with Crippen LogP contribution in [0.4, 0.5) is 13.2 Å². The maximum absolute atomic E-state index is 12.5. The molecule has 88 valence electrons. The van der Waals surface area contributed by atoms with Gasteiger partial charge in [0.05, 0.1) is 5.56 Å². The second kappa shape index (κ2) is 4.07. The van der Waals surface area contributed by atoms with Crippen LogP contribution in [0.25, 0.3) is 0 Å². The first-order valence-corrected chi connectivity index (χ1v) is 5.16. The van der Waals surface area contributed by atoms with Gasteiger partial charge in [-0.3, -0.25) is 0 Å². The van der Waals surface area contributed by atoms with Crippen molar-refractivity contribution in [3.05, 3.63) is 34.9 Å². The maximum Gasteiger partial charge on any atom is 0.416 e. The molecule has 1 aromatic rings. The Morgan fingerprint density at radius 1 is 1.38 bits per heavy atom. The number of benzene rings is 1. The van der Waals surface area contributed by atoms with Crippen LogP contribution in [0.3, 0.4) is 0 Å². The van der Waals surface area contributed by atoms with E-state index in [2.05, 4.69) is 5.32 Å². The normalized spacial score (nSPS) is 20.6. The van der Waals surface area contributed by atoms with E-state index in [1.165, 1.54) is 6.07 Å². The molecule has 0 saturated heterocycles. The van der Waals surface area contributed by atoms with Crippen molar-refractivity contribution in [1.82, 2.24) is 5.32 Å². The zero-order chi connectivity index (χ0) is 11.8. The topological polar surface area (TPSA) is 38.0 Å². The van der Waals surface area contributed by atoms with E-state index in [1.54, 1.807) is 6.07 Å². The largest absolute Gasteiger partial charge is 0.416 e. The second-order valence-electron chi connectivity index (χ2n) is 3.90. The Morgan fingerprint density at radius 2 is 2.12 bits per heavy atom. The predicted molar refractivity (Wildman–Crippen MR) is 54.9 cm³/mol. The standard InChI is InChI=1S/C11H13F3N2/c12-11(13,14)8-2-1-7-3-4-16-10(6-15)9(7)5-8/h1-2,5,10,16H,3-4,6,15H2. The highest BCUT2D eigenvalue weighted by Gasteiger charge is 2.32. The Morgan fingerprint density at radius 3 is 2.75 bits per heavy atom. The van der Waals surface area contributed by atoms with Crippen molar-refractivity contribution < 1.29 is 13.2 Å². The Bertz CT molecular complexity index is 387. The van der Waals surface area contributed by atoms with Crippen LogP contribution in [0.1, 0.15) is 22.7 Å². The van der Waals surface area contributed by atoms with Crippen LogP contribution >= 0.6 is 0 Å². The maximum atomic E-state index is 12.5. The molecule has 0 radical (unpaired) electrons. The average Bonchev–Trinajstić information content (AvgIpc) is 2.26.